The average Bonchev–Trinajstić information content (AvgIpc) is 3.01. The van der Waals surface area contributed by atoms with Gasteiger partial charge in [-0.25, -0.2) is 4.79 Å². The van der Waals surface area contributed by atoms with Gasteiger partial charge in [-0.15, -0.1) is 0 Å². The maximum atomic E-state index is 11.2. The molecule has 1 aliphatic heterocycles. The second-order valence-electron chi connectivity index (χ2n) is 5.03. The van der Waals surface area contributed by atoms with Crippen LogP contribution in [0.25, 0.3) is 5.57 Å². The molecule has 0 radical (unpaired) electrons. The minimum Gasteiger partial charge on any atom is -0.336 e. The van der Waals surface area contributed by atoms with Gasteiger partial charge in [0.25, 0.3) is 0 Å². The molecule has 0 spiro atoms. The number of rotatable bonds is 3. The van der Waals surface area contributed by atoms with Crippen LogP contribution in [0, 0.1) is 0 Å². The van der Waals surface area contributed by atoms with Crippen molar-refractivity contribution >= 4 is 17.4 Å². The van der Waals surface area contributed by atoms with E-state index in [2.05, 4.69) is 34.3 Å². The van der Waals surface area contributed by atoms with E-state index < -0.39 is 0 Å². The van der Waals surface area contributed by atoms with Crippen LogP contribution < -0.4 is 0 Å². The summed E-state index contributed by atoms with van der Waals surface area (Å²) in [6.45, 7) is 0. The Morgan fingerprint density at radius 1 is 1.05 bits per heavy atom. The molecule has 4 heteroatoms. The standard InChI is InChI=1S/C18H16N2O2/c1-20(17-12-18(21)22-19-17)13-16(14-8-4-2-5-9-14)15-10-6-3-7-11-15/h2-11,13H,12H2,1H3. The van der Waals surface area contributed by atoms with E-state index in [0.29, 0.717) is 5.84 Å². The SMILES string of the molecule is CN(C=C(c1ccccc1)c1ccccc1)C1=NOC(=O)C1. The van der Waals surface area contributed by atoms with Crippen molar-refractivity contribution in [3.05, 3.63) is 78.0 Å². The first kappa shape index (κ1) is 14.1. The molecule has 0 atom stereocenters. The fourth-order valence-electron chi connectivity index (χ4n) is 2.31. The normalized spacial score (nSPS) is 13.3. The second-order valence-corrected chi connectivity index (χ2v) is 5.03. The summed E-state index contributed by atoms with van der Waals surface area (Å²) < 4.78 is 0. The third kappa shape index (κ3) is 3.06. The van der Waals surface area contributed by atoms with Crippen molar-refractivity contribution < 1.29 is 9.63 Å². The van der Waals surface area contributed by atoms with Crippen molar-refractivity contribution in [2.24, 2.45) is 5.16 Å². The van der Waals surface area contributed by atoms with Crippen LogP contribution in [0.4, 0.5) is 0 Å². The van der Waals surface area contributed by atoms with Crippen LogP contribution in [-0.4, -0.2) is 23.8 Å². The van der Waals surface area contributed by atoms with Crippen molar-refractivity contribution in [1.82, 2.24) is 4.90 Å². The molecule has 0 saturated heterocycles. The van der Waals surface area contributed by atoms with Crippen molar-refractivity contribution in [3.63, 3.8) is 0 Å². The van der Waals surface area contributed by atoms with Crippen molar-refractivity contribution in [2.75, 3.05) is 7.05 Å². The summed E-state index contributed by atoms with van der Waals surface area (Å²) in [5.41, 5.74) is 3.27. The maximum Gasteiger partial charge on any atom is 0.342 e. The zero-order valence-corrected chi connectivity index (χ0v) is 12.3. The predicted octanol–water partition coefficient (Wildman–Crippen LogP) is 3.27. The van der Waals surface area contributed by atoms with E-state index >= 15 is 0 Å². The quantitative estimate of drug-likeness (QED) is 0.815. The number of nitrogens with zero attached hydrogens (tertiary/aromatic N) is 2. The molecule has 22 heavy (non-hydrogen) atoms. The summed E-state index contributed by atoms with van der Waals surface area (Å²) in [6.07, 6.45) is 2.18. The fourth-order valence-corrected chi connectivity index (χ4v) is 2.31. The first-order chi connectivity index (χ1) is 10.7. The first-order valence-electron chi connectivity index (χ1n) is 7.06. The highest BCUT2D eigenvalue weighted by atomic mass is 16.7. The highest BCUT2D eigenvalue weighted by Gasteiger charge is 2.20. The Kier molecular flexibility index (Phi) is 4.01. The summed E-state index contributed by atoms with van der Waals surface area (Å²) in [4.78, 5) is 17.7. The molecule has 0 aromatic heterocycles. The van der Waals surface area contributed by atoms with E-state index in [1.54, 1.807) is 0 Å². The van der Waals surface area contributed by atoms with Crippen molar-refractivity contribution in [1.29, 1.82) is 0 Å². The van der Waals surface area contributed by atoms with Crippen LogP contribution in [0.5, 0.6) is 0 Å². The summed E-state index contributed by atoms with van der Waals surface area (Å²) in [5.74, 6) is 0.283. The molecule has 0 N–H and O–H groups in total. The summed E-state index contributed by atoms with van der Waals surface area (Å²) in [6, 6.07) is 20.2. The molecule has 4 nitrogen and oxygen atoms in total. The number of amidine groups is 1. The summed E-state index contributed by atoms with van der Waals surface area (Å²) in [7, 11) is 1.87. The number of carbonyl (C=O) groups is 1. The van der Waals surface area contributed by atoms with Crippen molar-refractivity contribution in [3.8, 4) is 0 Å². The predicted molar refractivity (Wildman–Crippen MR) is 85.9 cm³/mol. The molecule has 3 rings (SSSR count). The van der Waals surface area contributed by atoms with Gasteiger partial charge in [-0.3, -0.25) is 0 Å². The van der Waals surface area contributed by atoms with Gasteiger partial charge in [0.2, 0.25) is 0 Å². The van der Waals surface area contributed by atoms with Gasteiger partial charge in [0.05, 0.1) is 0 Å². The molecule has 0 bridgehead atoms. The third-order valence-corrected chi connectivity index (χ3v) is 3.45. The zero-order valence-electron chi connectivity index (χ0n) is 12.3. The smallest absolute Gasteiger partial charge is 0.336 e. The number of carbonyl (C=O) groups excluding carboxylic acids is 1. The van der Waals surface area contributed by atoms with Crippen LogP contribution in [0.15, 0.2) is 72.0 Å². The lowest BCUT2D eigenvalue weighted by Gasteiger charge is -2.16. The Bertz CT molecular complexity index is 680. The molecule has 0 unspecified atom stereocenters. The maximum absolute atomic E-state index is 11.2. The van der Waals surface area contributed by atoms with Crippen LogP contribution >= 0.6 is 0 Å². The van der Waals surface area contributed by atoms with E-state index in [-0.39, 0.29) is 12.4 Å². The first-order valence-corrected chi connectivity index (χ1v) is 7.06. The van der Waals surface area contributed by atoms with Gasteiger partial charge >= 0.3 is 5.97 Å². The lowest BCUT2D eigenvalue weighted by atomic mass is 9.99. The van der Waals surface area contributed by atoms with E-state index in [4.69, 9.17) is 0 Å². The van der Waals surface area contributed by atoms with Crippen LogP contribution in [0.2, 0.25) is 0 Å². The summed E-state index contributed by atoms with van der Waals surface area (Å²) >= 11 is 0. The number of oxime groups is 1. The number of hydrogen-bond donors (Lipinski definition) is 0. The Balaban J connectivity index is 1.99. The minimum absolute atomic E-state index is 0.198. The lowest BCUT2D eigenvalue weighted by Crippen LogP contribution is -2.20. The highest BCUT2D eigenvalue weighted by Crippen LogP contribution is 2.24. The van der Waals surface area contributed by atoms with Gasteiger partial charge in [0, 0.05) is 18.8 Å². The van der Waals surface area contributed by atoms with Gasteiger partial charge < -0.3 is 9.74 Å². The van der Waals surface area contributed by atoms with E-state index in [9.17, 15) is 4.79 Å². The van der Waals surface area contributed by atoms with Crippen molar-refractivity contribution in [2.45, 2.75) is 6.42 Å². The minimum atomic E-state index is -0.323. The average molecular weight is 292 g/mol. The topological polar surface area (TPSA) is 41.9 Å². The van der Waals surface area contributed by atoms with Gasteiger partial charge in [0.1, 0.15) is 6.42 Å². The fraction of sp³-hybridized carbons (Fsp3) is 0.111. The molecule has 110 valence electrons. The summed E-state index contributed by atoms with van der Waals surface area (Å²) in [5, 5.41) is 3.81. The van der Waals surface area contributed by atoms with Crippen LogP contribution in [0.1, 0.15) is 17.5 Å². The van der Waals surface area contributed by atoms with Gasteiger partial charge in [-0.2, -0.15) is 0 Å². The Morgan fingerprint density at radius 3 is 2.05 bits per heavy atom. The molecule has 1 heterocycles. The third-order valence-electron chi connectivity index (χ3n) is 3.45. The molecular weight excluding hydrogens is 276 g/mol. The second kappa shape index (κ2) is 6.26. The molecule has 0 saturated carbocycles. The highest BCUT2D eigenvalue weighted by molar-refractivity contribution is 6.01. The van der Waals surface area contributed by atoms with Gasteiger partial charge in [0.15, 0.2) is 5.84 Å². The monoisotopic (exact) mass is 292 g/mol. The van der Waals surface area contributed by atoms with E-state index in [1.165, 1.54) is 0 Å². The zero-order chi connectivity index (χ0) is 15.4. The lowest BCUT2D eigenvalue weighted by molar-refractivity contribution is -0.140. The Morgan fingerprint density at radius 2 is 1.59 bits per heavy atom. The number of benzene rings is 2. The van der Waals surface area contributed by atoms with E-state index in [0.717, 1.165) is 16.7 Å². The van der Waals surface area contributed by atoms with Gasteiger partial charge in [-0.1, -0.05) is 65.8 Å². The van der Waals surface area contributed by atoms with Gasteiger partial charge in [-0.05, 0) is 11.1 Å². The molecule has 0 fully saturated rings. The van der Waals surface area contributed by atoms with Crippen LogP contribution in [-0.2, 0) is 9.63 Å². The largest absolute Gasteiger partial charge is 0.342 e. The molecular formula is C18H16N2O2. The van der Waals surface area contributed by atoms with Crippen LogP contribution in [0.3, 0.4) is 0 Å². The molecule has 0 amide bonds. The molecule has 2 aromatic rings. The Hall–Kier alpha value is -2.88. The van der Waals surface area contributed by atoms with E-state index in [1.807, 2.05) is 54.5 Å². The molecule has 0 aliphatic carbocycles. The Labute approximate surface area is 129 Å². The molecule has 2 aromatic carbocycles. The number of hydrogen-bond acceptors (Lipinski definition) is 4. The molecule has 1 aliphatic rings.